The Hall–Kier alpha value is -3.84. The lowest BCUT2D eigenvalue weighted by Gasteiger charge is -2.35. The Balaban J connectivity index is 1.91. The summed E-state index contributed by atoms with van der Waals surface area (Å²) in [5.74, 6) is -1.49. The number of nitrogen functional groups attached to an aromatic ring is 2. The zero-order valence-corrected chi connectivity index (χ0v) is 19.9. The van der Waals surface area contributed by atoms with E-state index >= 15 is 4.39 Å². The van der Waals surface area contributed by atoms with Crippen molar-refractivity contribution in [1.29, 1.82) is 5.26 Å². The van der Waals surface area contributed by atoms with Crippen LogP contribution in [0.15, 0.2) is 30.5 Å². The molecule has 2 heterocycles. The number of carbonyl (C=O) groups excluding carboxylic acids is 1. The number of benzene rings is 2. The van der Waals surface area contributed by atoms with Crippen LogP contribution in [0.3, 0.4) is 0 Å². The van der Waals surface area contributed by atoms with Crippen LogP contribution in [0.1, 0.15) is 51.1 Å². The number of aryl methyl sites for hydroxylation is 1. The van der Waals surface area contributed by atoms with E-state index in [0.29, 0.717) is 5.56 Å². The van der Waals surface area contributed by atoms with Crippen molar-refractivity contribution in [1.82, 2.24) is 9.88 Å². The first-order chi connectivity index (χ1) is 16.9. The number of rotatable bonds is 3. The van der Waals surface area contributed by atoms with E-state index in [1.54, 1.807) is 25.1 Å². The van der Waals surface area contributed by atoms with E-state index in [2.05, 4.69) is 4.98 Å². The highest BCUT2D eigenvalue weighted by molar-refractivity contribution is 6.35. The zero-order valence-electron chi connectivity index (χ0n) is 19.2. The molecular formula is C25H20ClF4N5O. The number of anilines is 2. The Morgan fingerprint density at radius 1 is 1.25 bits per heavy atom. The number of nitrogens with two attached hydrogens (primary N) is 2. The van der Waals surface area contributed by atoms with Crippen LogP contribution in [-0.4, -0.2) is 22.3 Å². The van der Waals surface area contributed by atoms with E-state index in [-0.39, 0.29) is 46.2 Å². The van der Waals surface area contributed by atoms with Crippen LogP contribution < -0.4 is 11.5 Å². The van der Waals surface area contributed by atoms with Gasteiger partial charge in [-0.3, -0.25) is 4.79 Å². The molecule has 6 nitrogen and oxygen atoms in total. The molecule has 1 aliphatic rings. The fraction of sp³-hybridized carbons (Fsp3) is 0.240. The lowest BCUT2D eigenvalue weighted by molar-refractivity contribution is -0.137. The zero-order chi connectivity index (χ0) is 26.5. The molecule has 0 aliphatic carbocycles. The summed E-state index contributed by atoms with van der Waals surface area (Å²) in [5, 5.41) is 9.23. The molecule has 0 saturated carbocycles. The topological polar surface area (TPSA) is 109 Å². The molecule has 1 aliphatic heterocycles. The minimum atomic E-state index is -4.92. The molecule has 1 amide bonds. The molecule has 0 spiro atoms. The van der Waals surface area contributed by atoms with Gasteiger partial charge in [-0.15, -0.1) is 0 Å². The maximum atomic E-state index is 15.6. The molecular weight excluding hydrogens is 498 g/mol. The van der Waals surface area contributed by atoms with Gasteiger partial charge in [0.05, 0.1) is 27.9 Å². The Kier molecular flexibility index (Phi) is 6.31. The minimum Gasteiger partial charge on any atom is -0.398 e. The van der Waals surface area contributed by atoms with Gasteiger partial charge in [-0.25, -0.2) is 9.37 Å². The number of hydrogen-bond donors (Lipinski definition) is 2. The van der Waals surface area contributed by atoms with Gasteiger partial charge in [0.2, 0.25) is 0 Å². The van der Waals surface area contributed by atoms with Crippen LogP contribution in [0.2, 0.25) is 5.02 Å². The van der Waals surface area contributed by atoms with Gasteiger partial charge < -0.3 is 16.4 Å². The Morgan fingerprint density at radius 3 is 2.56 bits per heavy atom. The van der Waals surface area contributed by atoms with Gasteiger partial charge in [-0.1, -0.05) is 17.7 Å². The number of halogens is 5. The SMILES string of the molecule is Cc1cc(N)c(C#N)c(-c2c(F)cc3c(c2Cl)CCN([C@@H](C)c2cccnc2N)C3=O)c1C(F)(F)F. The highest BCUT2D eigenvalue weighted by Gasteiger charge is 2.40. The van der Waals surface area contributed by atoms with Gasteiger partial charge >= 0.3 is 6.18 Å². The summed E-state index contributed by atoms with van der Waals surface area (Å²) in [4.78, 5) is 18.8. The highest BCUT2D eigenvalue weighted by atomic mass is 35.5. The average Bonchev–Trinajstić information content (AvgIpc) is 2.79. The summed E-state index contributed by atoms with van der Waals surface area (Å²) in [6, 6.07) is 6.42. The number of amides is 1. The van der Waals surface area contributed by atoms with E-state index in [9.17, 15) is 23.2 Å². The predicted molar refractivity (Wildman–Crippen MR) is 128 cm³/mol. The van der Waals surface area contributed by atoms with Crippen molar-refractivity contribution in [3.8, 4) is 17.2 Å². The predicted octanol–water partition coefficient (Wildman–Crippen LogP) is 5.66. The van der Waals surface area contributed by atoms with Crippen LogP contribution in [0, 0.1) is 24.1 Å². The molecule has 2 aromatic carbocycles. The van der Waals surface area contributed by atoms with E-state index in [0.717, 1.165) is 12.1 Å². The number of nitriles is 1. The van der Waals surface area contributed by atoms with Crippen molar-refractivity contribution in [3.05, 3.63) is 74.7 Å². The molecule has 36 heavy (non-hydrogen) atoms. The summed E-state index contributed by atoms with van der Waals surface area (Å²) in [7, 11) is 0. The van der Waals surface area contributed by atoms with E-state index in [4.69, 9.17) is 23.1 Å². The second kappa shape index (κ2) is 8.99. The average molecular weight is 518 g/mol. The largest absolute Gasteiger partial charge is 0.417 e. The second-order valence-corrected chi connectivity index (χ2v) is 8.87. The summed E-state index contributed by atoms with van der Waals surface area (Å²) >= 11 is 6.50. The Bertz CT molecular complexity index is 1450. The molecule has 0 fully saturated rings. The number of nitrogens with zero attached hydrogens (tertiary/aromatic N) is 3. The molecule has 3 aromatic rings. The smallest absolute Gasteiger partial charge is 0.398 e. The number of fused-ring (bicyclic) bond motifs is 1. The van der Waals surface area contributed by atoms with Crippen LogP contribution in [0.5, 0.6) is 0 Å². The molecule has 186 valence electrons. The van der Waals surface area contributed by atoms with Gasteiger partial charge in [0.15, 0.2) is 0 Å². The molecule has 0 saturated heterocycles. The normalized spacial score (nSPS) is 14.4. The third-order valence-electron chi connectivity index (χ3n) is 6.40. The van der Waals surface area contributed by atoms with Crippen molar-refractivity contribution < 1.29 is 22.4 Å². The monoisotopic (exact) mass is 517 g/mol. The van der Waals surface area contributed by atoms with E-state index in [1.165, 1.54) is 18.0 Å². The van der Waals surface area contributed by atoms with Crippen molar-refractivity contribution in [2.45, 2.75) is 32.5 Å². The number of carbonyl (C=O) groups is 1. The molecule has 1 aromatic heterocycles. The maximum absolute atomic E-state index is 15.6. The third kappa shape index (κ3) is 3.99. The Morgan fingerprint density at radius 2 is 1.94 bits per heavy atom. The summed E-state index contributed by atoms with van der Waals surface area (Å²) < 4.78 is 57.7. The van der Waals surface area contributed by atoms with Crippen LogP contribution in [0.4, 0.5) is 29.1 Å². The first kappa shape index (κ1) is 25.3. The van der Waals surface area contributed by atoms with Crippen molar-refractivity contribution in [3.63, 3.8) is 0 Å². The lowest BCUT2D eigenvalue weighted by Crippen LogP contribution is -2.40. The summed E-state index contributed by atoms with van der Waals surface area (Å²) in [5.41, 5.74) is 8.86. The molecule has 11 heteroatoms. The number of alkyl halides is 3. The number of aromatic nitrogens is 1. The van der Waals surface area contributed by atoms with Crippen molar-refractivity contribution in [2.75, 3.05) is 18.0 Å². The van der Waals surface area contributed by atoms with E-state index < -0.39 is 46.2 Å². The number of pyridine rings is 1. The first-order valence-corrected chi connectivity index (χ1v) is 11.2. The molecule has 4 rings (SSSR count). The van der Waals surface area contributed by atoms with Gasteiger partial charge in [0.25, 0.3) is 5.91 Å². The molecule has 0 bridgehead atoms. The van der Waals surface area contributed by atoms with Gasteiger partial charge in [0.1, 0.15) is 17.7 Å². The minimum absolute atomic E-state index is 0.0745. The first-order valence-electron chi connectivity index (χ1n) is 10.8. The van der Waals surface area contributed by atoms with Gasteiger partial charge in [-0.2, -0.15) is 18.4 Å². The van der Waals surface area contributed by atoms with Crippen LogP contribution >= 0.6 is 11.6 Å². The van der Waals surface area contributed by atoms with Crippen molar-refractivity contribution >= 4 is 29.0 Å². The standard InChI is InChI=1S/C25H20ClF4N5O/c1-11-8-18(32)16(10-31)19(21(11)25(28,29)30)20-17(27)9-15-14(22(20)26)5-7-35(24(15)36)12(2)13-4-3-6-34-23(13)33/h3-4,6,8-9,12H,5,7,32H2,1-2H3,(H2,33,34)/t12-/m0/s1. The fourth-order valence-corrected chi connectivity index (χ4v) is 5.09. The molecule has 0 radical (unpaired) electrons. The Labute approximate surface area is 209 Å². The van der Waals surface area contributed by atoms with Gasteiger partial charge in [-0.05, 0) is 49.6 Å². The van der Waals surface area contributed by atoms with Gasteiger partial charge in [0, 0.05) is 35.0 Å². The quantitative estimate of drug-likeness (QED) is 0.344. The van der Waals surface area contributed by atoms with Crippen LogP contribution in [0.25, 0.3) is 11.1 Å². The highest BCUT2D eigenvalue weighted by Crippen LogP contribution is 2.47. The fourth-order valence-electron chi connectivity index (χ4n) is 4.71. The maximum Gasteiger partial charge on any atom is 0.417 e. The second-order valence-electron chi connectivity index (χ2n) is 8.49. The summed E-state index contributed by atoms with van der Waals surface area (Å²) in [6.07, 6.45) is -3.27. The molecule has 0 unspecified atom stereocenters. The third-order valence-corrected chi connectivity index (χ3v) is 6.82. The lowest BCUT2D eigenvalue weighted by atomic mass is 9.86. The molecule has 4 N–H and O–H groups in total. The molecule has 1 atom stereocenters. The van der Waals surface area contributed by atoms with Crippen LogP contribution in [-0.2, 0) is 12.6 Å². The van der Waals surface area contributed by atoms with Crippen molar-refractivity contribution in [2.24, 2.45) is 0 Å². The summed E-state index contributed by atoms with van der Waals surface area (Å²) in [6.45, 7) is 3.06. The van der Waals surface area contributed by atoms with E-state index in [1.807, 2.05) is 0 Å². The number of hydrogen-bond acceptors (Lipinski definition) is 5.